The Morgan fingerprint density at radius 1 is 1.19 bits per heavy atom. The van der Waals surface area contributed by atoms with Crippen LogP contribution in [-0.4, -0.2) is 51.7 Å². The van der Waals surface area contributed by atoms with Crippen LogP contribution in [0.1, 0.15) is 46.0 Å². The largest absolute Gasteiger partial charge is 0.481 e. The van der Waals surface area contributed by atoms with Crippen LogP contribution in [0.2, 0.25) is 0 Å². The van der Waals surface area contributed by atoms with E-state index in [1.807, 2.05) is 13.8 Å². The van der Waals surface area contributed by atoms with E-state index >= 15 is 0 Å². The Morgan fingerprint density at radius 2 is 1.76 bits per heavy atom. The van der Waals surface area contributed by atoms with E-state index in [0.717, 1.165) is 25.7 Å². The minimum atomic E-state index is -1.40. The number of hydrogen-bond acceptors (Lipinski definition) is 3. The molecular weight excluding hydrogens is 276 g/mol. The maximum absolute atomic E-state index is 12.3. The number of carboxylic acids is 2. The van der Waals surface area contributed by atoms with E-state index in [2.05, 4.69) is 5.32 Å². The number of carbonyl (C=O) groups is 3. The van der Waals surface area contributed by atoms with E-state index in [-0.39, 0.29) is 12.0 Å². The van der Waals surface area contributed by atoms with Gasteiger partial charge in [0, 0.05) is 12.6 Å². The van der Waals surface area contributed by atoms with E-state index in [1.165, 1.54) is 0 Å². The number of urea groups is 1. The molecule has 0 spiro atoms. The Bertz CT molecular complexity index is 391. The highest BCUT2D eigenvalue weighted by Crippen LogP contribution is 2.24. The van der Waals surface area contributed by atoms with Crippen LogP contribution in [0.25, 0.3) is 0 Å². The molecule has 0 unspecified atom stereocenters. The molecule has 3 N–H and O–H groups in total. The number of hydrogen-bond donors (Lipinski definition) is 3. The van der Waals surface area contributed by atoms with Crippen molar-refractivity contribution in [1.82, 2.24) is 10.2 Å². The number of aliphatic carboxylic acids is 2. The van der Waals surface area contributed by atoms with Crippen molar-refractivity contribution in [3.05, 3.63) is 0 Å². The summed E-state index contributed by atoms with van der Waals surface area (Å²) in [5.74, 6) is -2.32. The van der Waals surface area contributed by atoms with Gasteiger partial charge in [0.1, 0.15) is 6.04 Å². The first-order valence-electron chi connectivity index (χ1n) is 7.33. The summed E-state index contributed by atoms with van der Waals surface area (Å²) in [5.41, 5.74) is 0. The Hall–Kier alpha value is -1.79. The normalized spacial score (nSPS) is 16.7. The zero-order valence-corrected chi connectivity index (χ0v) is 12.5. The van der Waals surface area contributed by atoms with Crippen molar-refractivity contribution in [2.24, 2.45) is 5.92 Å². The van der Waals surface area contributed by atoms with Crippen LogP contribution in [0.4, 0.5) is 4.79 Å². The number of rotatable bonds is 7. The molecule has 7 heteroatoms. The molecule has 1 aliphatic carbocycles. The second kappa shape index (κ2) is 7.85. The zero-order chi connectivity index (χ0) is 16.0. The van der Waals surface area contributed by atoms with Crippen LogP contribution >= 0.6 is 0 Å². The lowest BCUT2D eigenvalue weighted by atomic mass is 10.1. The fourth-order valence-electron chi connectivity index (χ4n) is 2.61. The maximum atomic E-state index is 12.3. The molecule has 0 bridgehead atoms. The number of carboxylic acid groups (broad SMARTS) is 2. The molecule has 0 heterocycles. The van der Waals surface area contributed by atoms with Crippen molar-refractivity contribution in [2.75, 3.05) is 6.54 Å². The van der Waals surface area contributed by atoms with E-state index in [9.17, 15) is 14.4 Å². The summed E-state index contributed by atoms with van der Waals surface area (Å²) in [6.45, 7) is 4.51. The lowest BCUT2D eigenvalue weighted by Crippen LogP contribution is -2.52. The first kappa shape index (κ1) is 17.3. The Kier molecular flexibility index (Phi) is 6.45. The number of nitrogens with zero attached hydrogens (tertiary/aromatic N) is 1. The van der Waals surface area contributed by atoms with Crippen LogP contribution in [0.5, 0.6) is 0 Å². The van der Waals surface area contributed by atoms with Crippen molar-refractivity contribution in [3.8, 4) is 0 Å². The molecule has 1 aliphatic rings. The topological polar surface area (TPSA) is 107 Å². The quantitative estimate of drug-likeness (QED) is 0.661. The lowest BCUT2D eigenvalue weighted by molar-refractivity contribution is -0.145. The molecule has 0 aromatic rings. The predicted octanol–water partition coefficient (Wildman–Crippen LogP) is 1.52. The van der Waals surface area contributed by atoms with Crippen molar-refractivity contribution in [1.29, 1.82) is 0 Å². The average molecular weight is 300 g/mol. The van der Waals surface area contributed by atoms with E-state index in [4.69, 9.17) is 10.2 Å². The fraction of sp³-hybridized carbons (Fsp3) is 0.786. The summed E-state index contributed by atoms with van der Waals surface area (Å²) in [6, 6.07) is -1.76. The minimum absolute atomic E-state index is 0.117. The minimum Gasteiger partial charge on any atom is -0.481 e. The standard InChI is InChI=1S/C14H24N2O5/c1-9(2)8-16(10-5-3-4-6-10)14(21)15-11(13(19)20)7-12(17)18/h9-11H,3-8H2,1-2H3,(H,15,21)(H,17,18)(H,19,20)/t11-/m0/s1. The van der Waals surface area contributed by atoms with Gasteiger partial charge in [0.25, 0.3) is 0 Å². The number of nitrogens with one attached hydrogen (secondary N) is 1. The van der Waals surface area contributed by atoms with Crippen LogP contribution in [0.15, 0.2) is 0 Å². The first-order valence-corrected chi connectivity index (χ1v) is 7.33. The molecule has 120 valence electrons. The summed E-state index contributed by atoms with van der Waals surface area (Å²) >= 11 is 0. The molecule has 1 rings (SSSR count). The van der Waals surface area contributed by atoms with Crippen LogP contribution < -0.4 is 5.32 Å². The summed E-state index contributed by atoms with van der Waals surface area (Å²) in [6.07, 6.45) is 3.32. The molecule has 0 aromatic heterocycles. The molecule has 0 saturated heterocycles. The monoisotopic (exact) mass is 300 g/mol. The highest BCUT2D eigenvalue weighted by Gasteiger charge is 2.30. The number of amides is 2. The van der Waals surface area contributed by atoms with E-state index in [0.29, 0.717) is 6.54 Å². The van der Waals surface area contributed by atoms with Gasteiger partial charge in [-0.05, 0) is 18.8 Å². The lowest BCUT2D eigenvalue weighted by Gasteiger charge is -2.31. The zero-order valence-electron chi connectivity index (χ0n) is 12.5. The molecule has 0 aromatic carbocycles. The molecular formula is C14H24N2O5. The third-order valence-corrected chi connectivity index (χ3v) is 3.56. The predicted molar refractivity (Wildman–Crippen MR) is 76.0 cm³/mol. The molecule has 2 amide bonds. The smallest absolute Gasteiger partial charge is 0.326 e. The van der Waals surface area contributed by atoms with Crippen molar-refractivity contribution in [2.45, 2.75) is 58.0 Å². The fourth-order valence-corrected chi connectivity index (χ4v) is 2.61. The molecule has 21 heavy (non-hydrogen) atoms. The second-order valence-corrected chi connectivity index (χ2v) is 5.92. The highest BCUT2D eigenvalue weighted by atomic mass is 16.4. The van der Waals surface area contributed by atoms with Crippen molar-refractivity contribution >= 4 is 18.0 Å². The molecule has 1 fully saturated rings. The van der Waals surface area contributed by atoms with Gasteiger partial charge in [-0.15, -0.1) is 0 Å². The molecule has 0 aliphatic heterocycles. The van der Waals surface area contributed by atoms with Crippen molar-refractivity contribution in [3.63, 3.8) is 0 Å². The summed E-state index contributed by atoms with van der Waals surface area (Å²) in [5, 5.41) is 20.1. The van der Waals surface area contributed by atoms with Gasteiger partial charge in [-0.1, -0.05) is 26.7 Å². The Balaban J connectivity index is 2.73. The first-order chi connectivity index (χ1) is 9.81. The van der Waals surface area contributed by atoms with Gasteiger partial charge in [0.2, 0.25) is 0 Å². The van der Waals surface area contributed by atoms with Crippen LogP contribution in [0.3, 0.4) is 0 Å². The highest BCUT2D eigenvalue weighted by molar-refractivity contribution is 5.86. The van der Waals surface area contributed by atoms with Crippen LogP contribution in [-0.2, 0) is 9.59 Å². The van der Waals surface area contributed by atoms with E-state index in [1.54, 1.807) is 4.90 Å². The molecule has 1 atom stereocenters. The van der Waals surface area contributed by atoms with E-state index < -0.39 is 30.4 Å². The number of carbonyl (C=O) groups excluding carboxylic acids is 1. The maximum Gasteiger partial charge on any atom is 0.326 e. The van der Waals surface area contributed by atoms with Gasteiger partial charge in [0.15, 0.2) is 0 Å². The van der Waals surface area contributed by atoms with Gasteiger partial charge >= 0.3 is 18.0 Å². The van der Waals surface area contributed by atoms with Gasteiger partial charge in [-0.3, -0.25) is 4.79 Å². The van der Waals surface area contributed by atoms with Gasteiger partial charge < -0.3 is 20.4 Å². The molecule has 1 saturated carbocycles. The van der Waals surface area contributed by atoms with Gasteiger partial charge in [-0.25, -0.2) is 9.59 Å². The molecule has 0 radical (unpaired) electrons. The SMILES string of the molecule is CC(C)CN(C(=O)N[C@@H](CC(=O)O)C(=O)O)C1CCCC1. The third-order valence-electron chi connectivity index (χ3n) is 3.56. The van der Waals surface area contributed by atoms with Crippen LogP contribution in [0, 0.1) is 5.92 Å². The van der Waals surface area contributed by atoms with Gasteiger partial charge in [0.05, 0.1) is 6.42 Å². The molecule has 7 nitrogen and oxygen atoms in total. The summed E-state index contributed by atoms with van der Waals surface area (Å²) in [7, 11) is 0. The van der Waals surface area contributed by atoms with Crippen molar-refractivity contribution < 1.29 is 24.6 Å². The average Bonchev–Trinajstić information content (AvgIpc) is 2.87. The Labute approximate surface area is 124 Å². The third kappa shape index (κ3) is 5.61. The Morgan fingerprint density at radius 3 is 2.19 bits per heavy atom. The van der Waals surface area contributed by atoms with Gasteiger partial charge in [-0.2, -0.15) is 0 Å². The second-order valence-electron chi connectivity index (χ2n) is 5.92. The summed E-state index contributed by atoms with van der Waals surface area (Å²) < 4.78 is 0. The summed E-state index contributed by atoms with van der Waals surface area (Å²) in [4.78, 5) is 35.7.